The highest BCUT2D eigenvalue weighted by atomic mass is 32.1. The molecule has 0 atom stereocenters. The fourth-order valence-electron chi connectivity index (χ4n) is 4.65. The number of hydrogen-bond acceptors (Lipinski definition) is 6. The lowest BCUT2D eigenvalue weighted by atomic mass is 10.0. The highest BCUT2D eigenvalue weighted by molar-refractivity contribution is 7.16. The molecule has 9 heteroatoms. The van der Waals surface area contributed by atoms with Crippen LogP contribution in [0.5, 0.6) is 0 Å². The molecule has 1 saturated heterocycles. The lowest BCUT2D eigenvalue weighted by molar-refractivity contribution is 0.147. The first-order chi connectivity index (χ1) is 16.2. The van der Waals surface area contributed by atoms with Crippen LogP contribution in [0.15, 0.2) is 42.2 Å². The third-order valence-corrected chi connectivity index (χ3v) is 7.26. The summed E-state index contributed by atoms with van der Waals surface area (Å²) in [5.41, 5.74) is 6.88. The van der Waals surface area contributed by atoms with Crippen molar-refractivity contribution in [1.29, 1.82) is 0 Å². The van der Waals surface area contributed by atoms with Gasteiger partial charge in [-0.15, -0.1) is 11.3 Å². The molecule has 0 spiro atoms. The van der Waals surface area contributed by atoms with Gasteiger partial charge in [0.25, 0.3) is 0 Å². The summed E-state index contributed by atoms with van der Waals surface area (Å²) in [5.74, 6) is 0.768. The largest absolute Gasteiger partial charge is 0.340 e. The molecular formula is C24H25N7OS. The number of carbonyl (C=O) groups excluding carboxylic acids is 1. The fourth-order valence-corrected chi connectivity index (χ4v) is 5.37. The zero-order chi connectivity index (χ0) is 22.2. The van der Waals surface area contributed by atoms with Crippen LogP contribution in [0.4, 0.5) is 16.3 Å². The zero-order valence-corrected chi connectivity index (χ0v) is 19.1. The molecule has 3 aromatic heterocycles. The molecule has 6 rings (SSSR count). The van der Waals surface area contributed by atoms with Gasteiger partial charge in [-0.05, 0) is 55.5 Å². The Morgan fingerprint density at radius 2 is 1.94 bits per heavy atom. The predicted molar refractivity (Wildman–Crippen MR) is 132 cm³/mol. The molecular weight excluding hydrogens is 434 g/mol. The maximum atomic E-state index is 12.8. The number of nitrogens with one attached hydrogen (secondary N) is 2. The number of aromatic nitrogens is 4. The van der Waals surface area contributed by atoms with Crippen LogP contribution < -0.4 is 5.32 Å². The summed E-state index contributed by atoms with van der Waals surface area (Å²) in [5, 5.41) is 4.38. The molecule has 2 aliphatic rings. The van der Waals surface area contributed by atoms with Crippen LogP contribution in [0.25, 0.3) is 26.8 Å². The SMILES string of the molecule is O=C(N1CC=C(c2cc3c(Nc4ccc5ncsc5c4)ncnc3[nH]2)CC1)N1CCCCC1. The number of benzene rings is 1. The van der Waals surface area contributed by atoms with Crippen molar-refractivity contribution < 1.29 is 4.79 Å². The monoisotopic (exact) mass is 459 g/mol. The molecule has 1 fully saturated rings. The lowest BCUT2D eigenvalue weighted by Crippen LogP contribution is -2.46. The van der Waals surface area contributed by atoms with E-state index in [1.807, 2.05) is 27.4 Å². The molecule has 33 heavy (non-hydrogen) atoms. The molecule has 2 amide bonds. The van der Waals surface area contributed by atoms with Gasteiger partial charge >= 0.3 is 6.03 Å². The molecule has 2 aliphatic heterocycles. The van der Waals surface area contributed by atoms with E-state index in [1.54, 1.807) is 17.7 Å². The Morgan fingerprint density at radius 3 is 2.79 bits per heavy atom. The molecule has 0 aliphatic carbocycles. The third-order valence-electron chi connectivity index (χ3n) is 6.47. The number of urea groups is 1. The van der Waals surface area contributed by atoms with Crippen LogP contribution >= 0.6 is 11.3 Å². The number of piperidine rings is 1. The number of H-pyrrole nitrogens is 1. The normalized spacial score (nSPS) is 16.9. The number of fused-ring (bicyclic) bond motifs is 2. The van der Waals surface area contributed by atoms with Gasteiger partial charge in [-0.2, -0.15) is 0 Å². The Bertz CT molecular complexity index is 1350. The summed E-state index contributed by atoms with van der Waals surface area (Å²) in [6.45, 7) is 3.16. The van der Waals surface area contributed by atoms with E-state index in [-0.39, 0.29) is 6.03 Å². The third kappa shape index (κ3) is 3.93. The Balaban J connectivity index is 1.21. The second-order valence-electron chi connectivity index (χ2n) is 8.58. The number of thiazole rings is 1. The molecule has 0 saturated carbocycles. The standard InChI is InChI=1S/C24H25N7OS/c32-24(30-8-2-1-3-9-30)31-10-6-16(7-11-31)20-13-18-22(25-14-26-23(18)29-20)28-17-4-5-19-21(12-17)33-15-27-19/h4-6,12-15H,1-3,7-11H2,(H2,25,26,28,29). The van der Waals surface area contributed by atoms with E-state index < -0.39 is 0 Å². The van der Waals surface area contributed by atoms with Gasteiger partial charge in [-0.3, -0.25) is 0 Å². The van der Waals surface area contributed by atoms with E-state index >= 15 is 0 Å². The number of carbonyl (C=O) groups is 1. The molecule has 2 N–H and O–H groups in total. The van der Waals surface area contributed by atoms with Crippen molar-refractivity contribution >= 4 is 55.7 Å². The Labute approximate surface area is 195 Å². The summed E-state index contributed by atoms with van der Waals surface area (Å²) in [7, 11) is 0. The van der Waals surface area contributed by atoms with Crippen molar-refractivity contribution in [2.75, 3.05) is 31.5 Å². The fraction of sp³-hybridized carbons (Fsp3) is 0.333. The van der Waals surface area contributed by atoms with Gasteiger partial charge in [-0.1, -0.05) is 6.08 Å². The molecule has 5 heterocycles. The number of anilines is 2. The predicted octanol–water partition coefficient (Wildman–Crippen LogP) is 5.01. The Morgan fingerprint density at radius 1 is 1.03 bits per heavy atom. The maximum Gasteiger partial charge on any atom is 0.320 e. The first-order valence-electron chi connectivity index (χ1n) is 11.4. The number of likely N-dealkylation sites (tertiary alicyclic amines) is 1. The number of rotatable bonds is 3. The van der Waals surface area contributed by atoms with Crippen LogP contribution in [0.2, 0.25) is 0 Å². The van der Waals surface area contributed by atoms with Gasteiger partial charge in [0, 0.05) is 37.6 Å². The van der Waals surface area contributed by atoms with Crippen molar-refractivity contribution in [3.05, 3.63) is 47.9 Å². The average Bonchev–Trinajstić information content (AvgIpc) is 3.52. The van der Waals surface area contributed by atoms with Crippen LogP contribution in [0.3, 0.4) is 0 Å². The topological polar surface area (TPSA) is 90.0 Å². The molecule has 4 aromatic rings. The number of amides is 2. The minimum Gasteiger partial charge on any atom is -0.340 e. The summed E-state index contributed by atoms with van der Waals surface area (Å²) >= 11 is 1.62. The zero-order valence-electron chi connectivity index (χ0n) is 18.3. The van der Waals surface area contributed by atoms with Crippen LogP contribution in [0, 0.1) is 0 Å². The van der Waals surface area contributed by atoms with Crippen molar-refractivity contribution in [3.63, 3.8) is 0 Å². The average molecular weight is 460 g/mol. The van der Waals surface area contributed by atoms with Crippen molar-refractivity contribution in [3.8, 4) is 0 Å². The van der Waals surface area contributed by atoms with E-state index in [4.69, 9.17) is 0 Å². The molecule has 8 nitrogen and oxygen atoms in total. The van der Waals surface area contributed by atoms with E-state index in [0.717, 1.165) is 77.3 Å². The van der Waals surface area contributed by atoms with Crippen LogP contribution in [-0.4, -0.2) is 61.9 Å². The van der Waals surface area contributed by atoms with E-state index in [9.17, 15) is 4.79 Å². The molecule has 168 valence electrons. The summed E-state index contributed by atoms with van der Waals surface area (Å²) in [4.78, 5) is 33.5. The van der Waals surface area contributed by atoms with E-state index in [0.29, 0.717) is 6.54 Å². The minimum atomic E-state index is 0.178. The number of nitrogens with zero attached hydrogens (tertiary/aromatic N) is 5. The van der Waals surface area contributed by atoms with Crippen molar-refractivity contribution in [1.82, 2.24) is 29.7 Å². The first kappa shape index (κ1) is 20.2. The van der Waals surface area contributed by atoms with Gasteiger partial charge < -0.3 is 20.1 Å². The molecule has 0 unspecified atom stereocenters. The first-order valence-corrected chi connectivity index (χ1v) is 12.3. The second-order valence-corrected chi connectivity index (χ2v) is 9.47. The molecule has 1 aromatic carbocycles. The maximum absolute atomic E-state index is 12.8. The minimum absolute atomic E-state index is 0.178. The number of hydrogen-bond donors (Lipinski definition) is 2. The highest BCUT2D eigenvalue weighted by Crippen LogP contribution is 2.30. The second kappa shape index (κ2) is 8.47. The molecule has 0 radical (unpaired) electrons. The van der Waals surface area contributed by atoms with E-state index in [1.165, 1.54) is 12.0 Å². The van der Waals surface area contributed by atoms with Crippen LogP contribution in [0.1, 0.15) is 31.4 Å². The van der Waals surface area contributed by atoms with Crippen molar-refractivity contribution in [2.45, 2.75) is 25.7 Å². The smallest absolute Gasteiger partial charge is 0.320 e. The number of aromatic amines is 1. The van der Waals surface area contributed by atoms with E-state index in [2.05, 4.69) is 43.5 Å². The van der Waals surface area contributed by atoms with Gasteiger partial charge in [0.2, 0.25) is 0 Å². The van der Waals surface area contributed by atoms with Gasteiger partial charge in [0.05, 0.1) is 21.1 Å². The van der Waals surface area contributed by atoms with Gasteiger partial charge in [0.1, 0.15) is 17.8 Å². The Hall–Kier alpha value is -3.46. The van der Waals surface area contributed by atoms with Crippen LogP contribution in [-0.2, 0) is 0 Å². The molecule has 0 bridgehead atoms. The lowest BCUT2D eigenvalue weighted by Gasteiger charge is -2.34. The van der Waals surface area contributed by atoms with Gasteiger partial charge in [-0.25, -0.2) is 19.7 Å². The Kier molecular flexibility index (Phi) is 5.18. The summed E-state index contributed by atoms with van der Waals surface area (Å²) in [6.07, 6.45) is 8.02. The van der Waals surface area contributed by atoms with Crippen molar-refractivity contribution in [2.24, 2.45) is 0 Å². The summed E-state index contributed by atoms with van der Waals surface area (Å²) < 4.78 is 1.14. The van der Waals surface area contributed by atoms with Gasteiger partial charge in [0.15, 0.2) is 0 Å². The highest BCUT2D eigenvalue weighted by Gasteiger charge is 2.24. The quantitative estimate of drug-likeness (QED) is 0.450. The summed E-state index contributed by atoms with van der Waals surface area (Å²) in [6, 6.07) is 8.40.